The van der Waals surface area contributed by atoms with E-state index in [-0.39, 0.29) is 0 Å². The average Bonchev–Trinajstić information content (AvgIpc) is 2.37. The molecule has 0 bridgehead atoms. The number of hydrogen-bond donors (Lipinski definition) is 0. The van der Waals surface area contributed by atoms with Crippen LogP contribution in [0.15, 0.2) is 47.1 Å². The summed E-state index contributed by atoms with van der Waals surface area (Å²) in [5.74, 6) is 0.647. The molecule has 0 saturated carbocycles. The largest absolute Gasteiger partial charge is 0.0998 e. The highest BCUT2D eigenvalue weighted by Crippen LogP contribution is 2.24. The van der Waals surface area contributed by atoms with Gasteiger partial charge in [0.15, 0.2) is 0 Å². The van der Waals surface area contributed by atoms with Crippen LogP contribution in [0.5, 0.6) is 0 Å². The van der Waals surface area contributed by atoms with Crippen molar-refractivity contribution in [3.63, 3.8) is 0 Å². The molecule has 0 N–H and O–H groups in total. The highest BCUT2D eigenvalue weighted by molar-refractivity contribution is 5.09. The standard InChI is InChI=1S/C20H32/c1-16(2)20-14-12-18(4)10-6-8-17(3)9-7-11-19(5)13-15-20/h8,11-12,20H,1,6-7,9-10,13-15H2,2-5H3/b17-8+,18-12+,19-11-/t20-/m1/s1. The summed E-state index contributed by atoms with van der Waals surface area (Å²) in [6.45, 7) is 13.2. The maximum Gasteiger partial charge on any atom is -0.0171 e. The third-order valence-electron chi connectivity index (χ3n) is 4.40. The van der Waals surface area contributed by atoms with E-state index >= 15 is 0 Å². The summed E-state index contributed by atoms with van der Waals surface area (Å²) in [5.41, 5.74) is 5.95. The summed E-state index contributed by atoms with van der Waals surface area (Å²) in [6.07, 6.45) is 15.7. The molecular weight excluding hydrogens is 240 g/mol. The van der Waals surface area contributed by atoms with Gasteiger partial charge in [0, 0.05) is 0 Å². The van der Waals surface area contributed by atoms with Gasteiger partial charge in [-0.25, -0.2) is 0 Å². The quantitative estimate of drug-likeness (QED) is 0.462. The Morgan fingerprint density at radius 2 is 1.40 bits per heavy atom. The van der Waals surface area contributed by atoms with E-state index in [1.54, 1.807) is 11.1 Å². The predicted molar refractivity (Wildman–Crippen MR) is 91.9 cm³/mol. The minimum absolute atomic E-state index is 0.647. The molecule has 0 aromatic rings. The van der Waals surface area contributed by atoms with E-state index < -0.39 is 0 Å². The molecule has 0 fully saturated rings. The molecule has 0 unspecified atom stereocenters. The molecule has 1 aliphatic carbocycles. The molecule has 1 atom stereocenters. The SMILES string of the molecule is C=C(C)[C@@H]1C/C=C(\C)CC/C=C(\C)CC/C=C(/C)CC1. The van der Waals surface area contributed by atoms with Crippen LogP contribution in [0.25, 0.3) is 0 Å². The van der Waals surface area contributed by atoms with Gasteiger partial charge in [0.2, 0.25) is 0 Å². The van der Waals surface area contributed by atoms with Crippen molar-refractivity contribution in [2.75, 3.05) is 0 Å². The lowest BCUT2D eigenvalue weighted by Crippen LogP contribution is -2.01. The first-order chi connectivity index (χ1) is 9.49. The van der Waals surface area contributed by atoms with Crippen molar-refractivity contribution >= 4 is 0 Å². The van der Waals surface area contributed by atoms with Crippen LogP contribution in [0.4, 0.5) is 0 Å². The minimum Gasteiger partial charge on any atom is -0.0998 e. The van der Waals surface area contributed by atoms with Gasteiger partial charge < -0.3 is 0 Å². The summed E-state index contributed by atoms with van der Waals surface area (Å²) in [5, 5.41) is 0. The van der Waals surface area contributed by atoms with Gasteiger partial charge in [-0.2, -0.15) is 0 Å². The zero-order valence-corrected chi connectivity index (χ0v) is 14.0. The van der Waals surface area contributed by atoms with Crippen molar-refractivity contribution in [1.29, 1.82) is 0 Å². The van der Waals surface area contributed by atoms with Gasteiger partial charge in [-0.1, -0.05) is 47.1 Å². The van der Waals surface area contributed by atoms with E-state index in [0.29, 0.717) is 5.92 Å². The average molecular weight is 272 g/mol. The van der Waals surface area contributed by atoms with Crippen molar-refractivity contribution in [1.82, 2.24) is 0 Å². The Bertz CT molecular complexity index is 404. The van der Waals surface area contributed by atoms with Crippen molar-refractivity contribution < 1.29 is 0 Å². The Kier molecular flexibility index (Phi) is 7.65. The molecule has 20 heavy (non-hydrogen) atoms. The van der Waals surface area contributed by atoms with Gasteiger partial charge in [0.05, 0.1) is 0 Å². The summed E-state index contributed by atoms with van der Waals surface area (Å²) < 4.78 is 0. The third-order valence-corrected chi connectivity index (χ3v) is 4.40. The number of rotatable bonds is 1. The number of hydrogen-bond acceptors (Lipinski definition) is 0. The second-order valence-electron chi connectivity index (χ2n) is 6.55. The Labute approximate surface area is 126 Å². The molecule has 0 heteroatoms. The van der Waals surface area contributed by atoms with E-state index in [0.717, 1.165) is 6.42 Å². The molecular formula is C20H32. The highest BCUT2D eigenvalue weighted by Gasteiger charge is 2.08. The van der Waals surface area contributed by atoms with Crippen molar-refractivity contribution in [3.05, 3.63) is 47.1 Å². The van der Waals surface area contributed by atoms with E-state index in [9.17, 15) is 0 Å². The van der Waals surface area contributed by atoms with Crippen molar-refractivity contribution in [2.24, 2.45) is 5.92 Å². The van der Waals surface area contributed by atoms with Gasteiger partial charge in [-0.3, -0.25) is 0 Å². The first-order valence-electron chi connectivity index (χ1n) is 8.11. The van der Waals surface area contributed by atoms with Crippen molar-refractivity contribution in [2.45, 2.75) is 72.6 Å². The fraction of sp³-hybridized carbons (Fsp3) is 0.600. The second-order valence-corrected chi connectivity index (χ2v) is 6.55. The molecule has 0 spiro atoms. The van der Waals surface area contributed by atoms with E-state index in [2.05, 4.69) is 52.5 Å². The molecule has 0 radical (unpaired) electrons. The molecule has 0 aromatic heterocycles. The fourth-order valence-corrected chi connectivity index (χ4v) is 2.71. The molecule has 0 heterocycles. The number of allylic oxidation sites excluding steroid dienone is 7. The van der Waals surface area contributed by atoms with E-state index in [4.69, 9.17) is 0 Å². The maximum absolute atomic E-state index is 4.18. The summed E-state index contributed by atoms with van der Waals surface area (Å²) in [4.78, 5) is 0. The smallest absolute Gasteiger partial charge is 0.0171 e. The molecule has 1 rings (SSSR count). The van der Waals surface area contributed by atoms with Gasteiger partial charge in [-0.05, 0) is 78.6 Å². The molecule has 112 valence electrons. The van der Waals surface area contributed by atoms with E-state index in [1.165, 1.54) is 49.7 Å². The van der Waals surface area contributed by atoms with E-state index in [1.807, 2.05) is 0 Å². The van der Waals surface area contributed by atoms with Crippen molar-refractivity contribution in [3.8, 4) is 0 Å². The zero-order chi connectivity index (χ0) is 15.0. The van der Waals surface area contributed by atoms with Crippen LogP contribution in [-0.4, -0.2) is 0 Å². The van der Waals surface area contributed by atoms with Gasteiger partial charge in [0.1, 0.15) is 0 Å². The first kappa shape index (κ1) is 17.0. The van der Waals surface area contributed by atoms with Gasteiger partial charge in [0.25, 0.3) is 0 Å². The van der Waals surface area contributed by atoms with Crippen LogP contribution in [0.3, 0.4) is 0 Å². The lowest BCUT2D eigenvalue weighted by atomic mass is 9.89. The summed E-state index contributed by atoms with van der Waals surface area (Å²) >= 11 is 0. The Balaban J connectivity index is 2.77. The zero-order valence-electron chi connectivity index (χ0n) is 14.0. The van der Waals surface area contributed by atoms with Crippen LogP contribution in [0.1, 0.15) is 72.6 Å². The minimum atomic E-state index is 0.647. The first-order valence-corrected chi connectivity index (χ1v) is 8.11. The van der Waals surface area contributed by atoms with Crippen LogP contribution in [0, 0.1) is 5.92 Å². The van der Waals surface area contributed by atoms with Crippen LogP contribution in [0.2, 0.25) is 0 Å². The topological polar surface area (TPSA) is 0 Å². The molecule has 0 aliphatic heterocycles. The third kappa shape index (κ3) is 6.93. The van der Waals surface area contributed by atoms with Gasteiger partial charge >= 0.3 is 0 Å². The highest BCUT2D eigenvalue weighted by atomic mass is 14.1. The Morgan fingerprint density at radius 3 is 1.95 bits per heavy atom. The summed E-state index contributed by atoms with van der Waals surface area (Å²) in [7, 11) is 0. The normalized spacial score (nSPS) is 31.0. The molecule has 0 aromatic carbocycles. The lowest BCUT2D eigenvalue weighted by Gasteiger charge is -2.16. The predicted octanol–water partition coefficient (Wildman–Crippen LogP) is 6.76. The van der Waals surface area contributed by atoms with Crippen LogP contribution < -0.4 is 0 Å². The monoisotopic (exact) mass is 272 g/mol. The Morgan fingerprint density at radius 1 is 0.900 bits per heavy atom. The summed E-state index contributed by atoms with van der Waals surface area (Å²) in [6, 6.07) is 0. The van der Waals surface area contributed by atoms with Crippen LogP contribution in [-0.2, 0) is 0 Å². The fourth-order valence-electron chi connectivity index (χ4n) is 2.71. The lowest BCUT2D eigenvalue weighted by molar-refractivity contribution is 0.564. The second kappa shape index (κ2) is 9.00. The molecule has 0 saturated heterocycles. The maximum atomic E-state index is 4.18. The van der Waals surface area contributed by atoms with Crippen LogP contribution >= 0.6 is 0 Å². The molecule has 1 aliphatic rings. The molecule has 0 amide bonds. The molecule has 0 nitrogen and oxygen atoms in total. The Hall–Kier alpha value is -1.04. The van der Waals surface area contributed by atoms with Gasteiger partial charge in [-0.15, -0.1) is 0 Å².